The summed E-state index contributed by atoms with van der Waals surface area (Å²) in [5.41, 5.74) is 2.68. The normalized spacial score (nSPS) is 21.7. The maximum Gasteiger partial charge on any atom is 0.407 e. The summed E-state index contributed by atoms with van der Waals surface area (Å²) in [5.74, 6) is 0.418. The molecule has 0 radical (unpaired) electrons. The highest BCUT2D eigenvalue weighted by Crippen LogP contribution is 2.30. The summed E-state index contributed by atoms with van der Waals surface area (Å²) in [4.78, 5) is 11.8. The maximum atomic E-state index is 11.8. The zero-order valence-corrected chi connectivity index (χ0v) is 14.2. The molecule has 1 saturated carbocycles. The van der Waals surface area contributed by atoms with E-state index in [1.165, 1.54) is 6.42 Å². The summed E-state index contributed by atoms with van der Waals surface area (Å²) in [6.45, 7) is 10.3. The van der Waals surface area contributed by atoms with Crippen molar-refractivity contribution in [3.05, 3.63) is 11.4 Å². The number of H-pyrrole nitrogens is 1. The lowest BCUT2D eigenvalue weighted by Gasteiger charge is -2.24. The predicted octanol–water partition coefficient (Wildman–Crippen LogP) is 3.13. The van der Waals surface area contributed by atoms with Crippen molar-refractivity contribution >= 4 is 11.8 Å². The van der Waals surface area contributed by atoms with Crippen molar-refractivity contribution in [1.29, 1.82) is 0 Å². The highest BCUT2D eigenvalue weighted by molar-refractivity contribution is 5.67. The second kappa shape index (κ2) is 6.58. The molecule has 0 saturated heterocycles. The Kier molecular flexibility index (Phi) is 4.98. The molecule has 124 valence electrons. The standard InChI is InChI=1S/C16H28N4O2/c1-10-14(11(2)20-19-10)18-13-8-6-7-12(13)9-17-15(21)22-16(3,4)5/h12-13,18H,6-9H2,1-5H3,(H,17,21)(H,19,20). The van der Waals surface area contributed by atoms with Gasteiger partial charge in [-0.1, -0.05) is 6.42 Å². The molecule has 0 bridgehead atoms. The number of nitrogens with zero attached hydrogens (tertiary/aromatic N) is 1. The number of anilines is 1. The fourth-order valence-electron chi connectivity index (χ4n) is 2.95. The van der Waals surface area contributed by atoms with Gasteiger partial charge in [-0.05, 0) is 53.4 Å². The summed E-state index contributed by atoms with van der Waals surface area (Å²) in [6, 6.07) is 0.366. The lowest BCUT2D eigenvalue weighted by atomic mass is 10.0. The van der Waals surface area contributed by atoms with Crippen LogP contribution in [-0.2, 0) is 4.74 Å². The SMILES string of the molecule is Cc1n[nH]c(C)c1NC1CCCC1CNC(=O)OC(C)(C)C. The topological polar surface area (TPSA) is 79.0 Å². The van der Waals surface area contributed by atoms with Gasteiger partial charge in [-0.2, -0.15) is 5.10 Å². The Hall–Kier alpha value is -1.72. The van der Waals surface area contributed by atoms with E-state index in [0.29, 0.717) is 18.5 Å². The van der Waals surface area contributed by atoms with Gasteiger partial charge in [0.2, 0.25) is 0 Å². The first-order chi connectivity index (χ1) is 10.3. The third-order valence-electron chi connectivity index (χ3n) is 4.02. The van der Waals surface area contributed by atoms with Crippen molar-refractivity contribution in [1.82, 2.24) is 15.5 Å². The van der Waals surface area contributed by atoms with Gasteiger partial charge >= 0.3 is 6.09 Å². The minimum Gasteiger partial charge on any atom is -0.444 e. The number of aromatic nitrogens is 2. The molecule has 1 aromatic rings. The monoisotopic (exact) mass is 308 g/mol. The highest BCUT2D eigenvalue weighted by atomic mass is 16.6. The van der Waals surface area contributed by atoms with E-state index in [4.69, 9.17) is 4.74 Å². The molecular formula is C16H28N4O2. The first-order valence-electron chi connectivity index (χ1n) is 8.01. The molecule has 22 heavy (non-hydrogen) atoms. The van der Waals surface area contributed by atoms with Crippen LogP contribution in [0.2, 0.25) is 0 Å². The molecule has 0 aromatic carbocycles. The third kappa shape index (κ3) is 4.39. The lowest BCUT2D eigenvalue weighted by Crippen LogP contribution is -2.38. The summed E-state index contributed by atoms with van der Waals surface area (Å²) < 4.78 is 5.29. The van der Waals surface area contributed by atoms with Gasteiger partial charge < -0.3 is 15.4 Å². The molecule has 2 rings (SSSR count). The van der Waals surface area contributed by atoms with Crippen molar-refractivity contribution in [2.45, 2.75) is 65.5 Å². The van der Waals surface area contributed by atoms with Crippen LogP contribution in [0.1, 0.15) is 51.4 Å². The Morgan fingerprint density at radius 2 is 2.09 bits per heavy atom. The maximum absolute atomic E-state index is 11.8. The number of amides is 1. The number of hydrogen-bond donors (Lipinski definition) is 3. The number of rotatable bonds is 4. The molecule has 3 N–H and O–H groups in total. The summed E-state index contributed by atoms with van der Waals surface area (Å²) in [7, 11) is 0. The average molecular weight is 308 g/mol. The molecule has 0 aliphatic heterocycles. The molecule has 0 spiro atoms. The van der Waals surface area contributed by atoms with Crippen LogP contribution in [-0.4, -0.2) is 34.5 Å². The van der Waals surface area contributed by atoms with Crippen LogP contribution in [0.4, 0.5) is 10.5 Å². The summed E-state index contributed by atoms with van der Waals surface area (Å²) in [6.07, 6.45) is 3.07. The van der Waals surface area contributed by atoms with Crippen LogP contribution in [0.3, 0.4) is 0 Å². The largest absolute Gasteiger partial charge is 0.444 e. The van der Waals surface area contributed by atoms with Gasteiger partial charge in [0.05, 0.1) is 17.1 Å². The molecule has 6 heteroatoms. The Bertz CT molecular complexity index is 499. The van der Waals surface area contributed by atoms with Crippen LogP contribution in [0.25, 0.3) is 0 Å². The van der Waals surface area contributed by atoms with E-state index >= 15 is 0 Å². The second-order valence-electron chi connectivity index (χ2n) is 7.13. The van der Waals surface area contributed by atoms with Gasteiger partial charge in [-0.25, -0.2) is 4.79 Å². The first kappa shape index (κ1) is 16.6. The van der Waals surface area contributed by atoms with E-state index in [0.717, 1.165) is 29.9 Å². The number of carbonyl (C=O) groups is 1. The highest BCUT2D eigenvalue weighted by Gasteiger charge is 2.29. The molecule has 1 aromatic heterocycles. The molecular weight excluding hydrogens is 280 g/mol. The van der Waals surface area contributed by atoms with Gasteiger partial charge in [0, 0.05) is 12.6 Å². The predicted molar refractivity (Wildman–Crippen MR) is 87.1 cm³/mol. The van der Waals surface area contributed by atoms with Crippen LogP contribution in [0, 0.1) is 19.8 Å². The lowest BCUT2D eigenvalue weighted by molar-refractivity contribution is 0.0519. The van der Waals surface area contributed by atoms with Gasteiger partial charge in [0.25, 0.3) is 0 Å². The van der Waals surface area contributed by atoms with Crippen molar-refractivity contribution in [3.8, 4) is 0 Å². The van der Waals surface area contributed by atoms with Crippen LogP contribution >= 0.6 is 0 Å². The summed E-state index contributed by atoms with van der Waals surface area (Å²) >= 11 is 0. The molecule has 1 heterocycles. The number of alkyl carbamates (subject to hydrolysis) is 1. The van der Waals surface area contributed by atoms with E-state index in [9.17, 15) is 4.79 Å². The fraction of sp³-hybridized carbons (Fsp3) is 0.750. The number of ether oxygens (including phenoxy) is 1. The van der Waals surface area contributed by atoms with E-state index < -0.39 is 5.60 Å². The smallest absolute Gasteiger partial charge is 0.407 e. The summed E-state index contributed by atoms with van der Waals surface area (Å²) in [5, 5.41) is 13.7. The number of hydrogen-bond acceptors (Lipinski definition) is 4. The Balaban J connectivity index is 1.87. The first-order valence-corrected chi connectivity index (χ1v) is 8.01. The van der Waals surface area contributed by atoms with Crippen LogP contribution in [0.15, 0.2) is 0 Å². The van der Waals surface area contributed by atoms with E-state index in [2.05, 4.69) is 20.8 Å². The van der Waals surface area contributed by atoms with Gasteiger partial charge in [-0.15, -0.1) is 0 Å². The van der Waals surface area contributed by atoms with E-state index in [1.807, 2.05) is 34.6 Å². The van der Waals surface area contributed by atoms with Crippen LogP contribution < -0.4 is 10.6 Å². The molecule has 1 fully saturated rings. The molecule has 1 aliphatic carbocycles. The fourth-order valence-corrected chi connectivity index (χ4v) is 2.95. The number of aryl methyl sites for hydroxylation is 2. The van der Waals surface area contributed by atoms with Crippen molar-refractivity contribution < 1.29 is 9.53 Å². The third-order valence-corrected chi connectivity index (χ3v) is 4.02. The number of carbonyl (C=O) groups excluding carboxylic acids is 1. The van der Waals surface area contributed by atoms with E-state index in [1.54, 1.807) is 0 Å². The minimum atomic E-state index is -0.456. The Labute approximate surface area is 132 Å². The molecule has 6 nitrogen and oxygen atoms in total. The molecule has 2 atom stereocenters. The van der Waals surface area contributed by atoms with Gasteiger partial charge in [0.1, 0.15) is 5.60 Å². The zero-order valence-electron chi connectivity index (χ0n) is 14.2. The quantitative estimate of drug-likeness (QED) is 0.798. The second-order valence-corrected chi connectivity index (χ2v) is 7.13. The number of nitrogens with one attached hydrogen (secondary N) is 3. The van der Waals surface area contributed by atoms with Crippen molar-refractivity contribution in [3.63, 3.8) is 0 Å². The van der Waals surface area contributed by atoms with Crippen molar-refractivity contribution in [2.75, 3.05) is 11.9 Å². The number of aromatic amines is 1. The average Bonchev–Trinajstić information content (AvgIpc) is 2.96. The van der Waals surface area contributed by atoms with E-state index in [-0.39, 0.29) is 6.09 Å². The molecule has 1 amide bonds. The molecule has 1 aliphatic rings. The minimum absolute atomic E-state index is 0.339. The van der Waals surface area contributed by atoms with Gasteiger partial charge in [0.15, 0.2) is 0 Å². The van der Waals surface area contributed by atoms with Gasteiger partial charge in [-0.3, -0.25) is 5.10 Å². The Morgan fingerprint density at radius 3 is 2.68 bits per heavy atom. The molecule has 2 unspecified atom stereocenters. The van der Waals surface area contributed by atoms with Crippen LogP contribution in [0.5, 0.6) is 0 Å². The van der Waals surface area contributed by atoms with Crippen molar-refractivity contribution in [2.24, 2.45) is 5.92 Å². The zero-order chi connectivity index (χ0) is 16.3. The Morgan fingerprint density at radius 1 is 1.36 bits per heavy atom.